The Balaban J connectivity index is 2.01. The molecule has 0 saturated carbocycles. The summed E-state index contributed by atoms with van der Waals surface area (Å²) in [6.07, 6.45) is 0.652. The van der Waals surface area contributed by atoms with Crippen LogP contribution < -0.4 is 5.32 Å². The zero-order valence-electron chi connectivity index (χ0n) is 9.58. The van der Waals surface area contributed by atoms with E-state index in [0.717, 1.165) is 5.75 Å². The summed E-state index contributed by atoms with van der Waals surface area (Å²) in [5.41, 5.74) is -0.873. The third kappa shape index (κ3) is 3.24. The van der Waals surface area contributed by atoms with Crippen LogP contribution in [0.3, 0.4) is 0 Å². The highest BCUT2D eigenvalue weighted by Crippen LogP contribution is 2.27. The first kappa shape index (κ1) is 13.8. The standard InChI is InChI=1S/C12H13BrFNO2S/c13-8-1-2-10(14)9(5-8)11(16)15-6-12(17)3-4-18-7-12/h1-2,5,17H,3-4,6-7H2,(H,15,16)/t12-/m0/s1. The first-order chi connectivity index (χ1) is 8.50. The molecule has 98 valence electrons. The van der Waals surface area contributed by atoms with E-state index in [-0.39, 0.29) is 12.1 Å². The van der Waals surface area contributed by atoms with Crippen LogP contribution in [0.1, 0.15) is 16.8 Å². The molecular weight excluding hydrogens is 321 g/mol. The van der Waals surface area contributed by atoms with E-state index in [0.29, 0.717) is 16.6 Å². The average molecular weight is 334 g/mol. The number of benzene rings is 1. The van der Waals surface area contributed by atoms with E-state index < -0.39 is 17.3 Å². The fourth-order valence-electron chi connectivity index (χ4n) is 1.75. The highest BCUT2D eigenvalue weighted by Gasteiger charge is 2.32. The lowest BCUT2D eigenvalue weighted by Crippen LogP contribution is -2.43. The molecule has 0 spiro atoms. The van der Waals surface area contributed by atoms with Crippen molar-refractivity contribution in [1.29, 1.82) is 0 Å². The maximum absolute atomic E-state index is 13.5. The van der Waals surface area contributed by atoms with Crippen molar-refractivity contribution < 1.29 is 14.3 Å². The van der Waals surface area contributed by atoms with Gasteiger partial charge in [0.15, 0.2) is 0 Å². The minimum Gasteiger partial charge on any atom is -0.387 e. The van der Waals surface area contributed by atoms with Crippen LogP contribution in [0.15, 0.2) is 22.7 Å². The molecule has 1 atom stereocenters. The van der Waals surface area contributed by atoms with Gasteiger partial charge in [-0.05, 0) is 30.4 Å². The van der Waals surface area contributed by atoms with E-state index in [9.17, 15) is 14.3 Å². The van der Waals surface area contributed by atoms with Gasteiger partial charge in [-0.1, -0.05) is 15.9 Å². The lowest BCUT2D eigenvalue weighted by Gasteiger charge is -2.21. The van der Waals surface area contributed by atoms with Crippen molar-refractivity contribution in [2.24, 2.45) is 0 Å². The molecule has 1 heterocycles. The molecule has 0 aliphatic carbocycles. The van der Waals surface area contributed by atoms with Gasteiger partial charge in [-0.25, -0.2) is 4.39 Å². The fraction of sp³-hybridized carbons (Fsp3) is 0.417. The molecule has 1 aromatic rings. The molecule has 2 N–H and O–H groups in total. The van der Waals surface area contributed by atoms with Crippen LogP contribution in [0.25, 0.3) is 0 Å². The Kier molecular flexibility index (Phi) is 4.29. The number of hydrogen-bond acceptors (Lipinski definition) is 3. The number of aliphatic hydroxyl groups is 1. The topological polar surface area (TPSA) is 49.3 Å². The summed E-state index contributed by atoms with van der Waals surface area (Å²) in [6.45, 7) is 0.158. The number of halogens is 2. The van der Waals surface area contributed by atoms with Crippen LogP contribution in [-0.2, 0) is 0 Å². The van der Waals surface area contributed by atoms with Crippen molar-refractivity contribution in [2.45, 2.75) is 12.0 Å². The monoisotopic (exact) mass is 333 g/mol. The van der Waals surface area contributed by atoms with E-state index in [1.54, 1.807) is 11.8 Å². The van der Waals surface area contributed by atoms with Crippen molar-refractivity contribution in [3.8, 4) is 0 Å². The molecule has 1 aromatic carbocycles. The van der Waals surface area contributed by atoms with Crippen LogP contribution in [0.2, 0.25) is 0 Å². The first-order valence-electron chi connectivity index (χ1n) is 5.54. The van der Waals surface area contributed by atoms with Crippen LogP contribution in [0.4, 0.5) is 4.39 Å². The number of rotatable bonds is 3. The Morgan fingerprint density at radius 1 is 1.61 bits per heavy atom. The summed E-state index contributed by atoms with van der Waals surface area (Å²) in [6, 6.07) is 4.20. The van der Waals surface area contributed by atoms with Gasteiger partial charge in [-0.3, -0.25) is 4.79 Å². The third-order valence-corrected chi connectivity index (χ3v) is 4.56. The summed E-state index contributed by atoms with van der Waals surface area (Å²) in [4.78, 5) is 11.8. The lowest BCUT2D eigenvalue weighted by atomic mass is 10.0. The SMILES string of the molecule is O=C(NC[C@@]1(O)CCSC1)c1cc(Br)ccc1F. The summed E-state index contributed by atoms with van der Waals surface area (Å²) in [5.74, 6) is 0.425. The minimum atomic E-state index is -0.858. The van der Waals surface area contributed by atoms with Gasteiger partial charge in [-0.15, -0.1) is 0 Å². The largest absolute Gasteiger partial charge is 0.387 e. The maximum atomic E-state index is 13.5. The third-order valence-electron chi connectivity index (χ3n) is 2.83. The van der Waals surface area contributed by atoms with Crippen LogP contribution >= 0.6 is 27.7 Å². The summed E-state index contributed by atoms with van der Waals surface area (Å²) in [5, 5.41) is 12.7. The number of carbonyl (C=O) groups excluding carboxylic acids is 1. The summed E-state index contributed by atoms with van der Waals surface area (Å²) >= 11 is 4.84. The van der Waals surface area contributed by atoms with Crippen LogP contribution in [-0.4, -0.2) is 34.7 Å². The number of amides is 1. The van der Waals surface area contributed by atoms with Gasteiger partial charge in [0.05, 0.1) is 11.2 Å². The first-order valence-corrected chi connectivity index (χ1v) is 7.48. The predicted molar refractivity (Wildman–Crippen MR) is 73.3 cm³/mol. The molecular formula is C12H13BrFNO2S. The number of nitrogens with one attached hydrogen (secondary N) is 1. The highest BCUT2D eigenvalue weighted by atomic mass is 79.9. The predicted octanol–water partition coefficient (Wildman–Crippen LogP) is 2.19. The lowest BCUT2D eigenvalue weighted by molar-refractivity contribution is 0.0611. The minimum absolute atomic E-state index is 0.0152. The molecule has 1 aliphatic rings. The van der Waals surface area contributed by atoms with Crippen molar-refractivity contribution in [1.82, 2.24) is 5.32 Å². The molecule has 2 rings (SSSR count). The second kappa shape index (κ2) is 5.59. The highest BCUT2D eigenvalue weighted by molar-refractivity contribution is 9.10. The molecule has 1 amide bonds. The number of thioether (sulfide) groups is 1. The van der Waals surface area contributed by atoms with Crippen molar-refractivity contribution in [2.75, 3.05) is 18.1 Å². The van der Waals surface area contributed by atoms with Crippen molar-refractivity contribution >= 4 is 33.6 Å². The van der Waals surface area contributed by atoms with E-state index in [1.165, 1.54) is 18.2 Å². The van der Waals surface area contributed by atoms with Gasteiger partial charge in [0.25, 0.3) is 5.91 Å². The Hall–Kier alpha value is -0.590. The Morgan fingerprint density at radius 3 is 3.06 bits per heavy atom. The molecule has 1 aliphatic heterocycles. The molecule has 1 fully saturated rings. The number of hydrogen-bond donors (Lipinski definition) is 2. The Morgan fingerprint density at radius 2 is 2.39 bits per heavy atom. The molecule has 0 aromatic heterocycles. The van der Waals surface area contributed by atoms with Crippen molar-refractivity contribution in [3.63, 3.8) is 0 Å². The van der Waals surface area contributed by atoms with E-state index >= 15 is 0 Å². The quantitative estimate of drug-likeness (QED) is 0.891. The fourth-order valence-corrected chi connectivity index (χ4v) is 3.40. The van der Waals surface area contributed by atoms with Crippen LogP contribution in [0.5, 0.6) is 0 Å². The van der Waals surface area contributed by atoms with Crippen molar-refractivity contribution in [3.05, 3.63) is 34.1 Å². The smallest absolute Gasteiger partial charge is 0.254 e. The zero-order valence-corrected chi connectivity index (χ0v) is 12.0. The van der Waals surface area contributed by atoms with Gasteiger partial charge in [-0.2, -0.15) is 11.8 Å². The van der Waals surface area contributed by atoms with Gasteiger partial charge in [0.2, 0.25) is 0 Å². The maximum Gasteiger partial charge on any atom is 0.254 e. The zero-order chi connectivity index (χ0) is 13.2. The molecule has 0 bridgehead atoms. The molecule has 6 heteroatoms. The summed E-state index contributed by atoms with van der Waals surface area (Å²) < 4.78 is 14.1. The molecule has 3 nitrogen and oxygen atoms in total. The Labute approximate surface area is 117 Å². The van der Waals surface area contributed by atoms with Crippen LogP contribution in [0, 0.1) is 5.82 Å². The molecule has 18 heavy (non-hydrogen) atoms. The number of carbonyl (C=O) groups is 1. The van der Waals surface area contributed by atoms with Gasteiger partial charge in [0, 0.05) is 16.8 Å². The Bertz CT molecular complexity index is 463. The molecule has 0 radical (unpaired) electrons. The summed E-state index contributed by atoms with van der Waals surface area (Å²) in [7, 11) is 0. The van der Waals surface area contributed by atoms with Gasteiger partial charge >= 0.3 is 0 Å². The van der Waals surface area contributed by atoms with Gasteiger partial charge < -0.3 is 10.4 Å². The second-order valence-corrected chi connectivity index (χ2v) is 6.35. The van der Waals surface area contributed by atoms with Gasteiger partial charge in [0.1, 0.15) is 5.82 Å². The molecule has 0 unspecified atom stereocenters. The second-order valence-electron chi connectivity index (χ2n) is 4.33. The van der Waals surface area contributed by atoms with E-state index in [1.807, 2.05) is 0 Å². The molecule has 1 saturated heterocycles. The van der Waals surface area contributed by atoms with E-state index in [4.69, 9.17) is 0 Å². The van der Waals surface area contributed by atoms with E-state index in [2.05, 4.69) is 21.2 Å². The normalized spacial score (nSPS) is 23.1. The average Bonchev–Trinajstić information content (AvgIpc) is 2.77.